The van der Waals surface area contributed by atoms with Gasteiger partial charge in [-0.25, -0.2) is 4.39 Å². The van der Waals surface area contributed by atoms with E-state index in [-0.39, 0.29) is 30.4 Å². The molecule has 6 heteroatoms. The standard InChI is InChI=1S/C26H33FN2O3/c1-2-32-25-12-11-19(15-21(25)18-30)16-28-14-13-24-23(28)9-5-6-10-26(31)29(24)17-20-7-3-4-8-22(20)27/h3-4,7-8,11-12,15,23-24,30H,2,5-6,9-10,13-14,16-18H2,1H3/t23-,24+/m1/s1. The molecule has 2 heterocycles. The second-order valence-electron chi connectivity index (χ2n) is 8.79. The molecule has 4 rings (SSSR count). The first-order chi connectivity index (χ1) is 15.6. The van der Waals surface area contributed by atoms with Gasteiger partial charge in [-0.05, 0) is 49.9 Å². The third-order valence-corrected chi connectivity index (χ3v) is 6.77. The van der Waals surface area contributed by atoms with Crippen LogP contribution >= 0.6 is 0 Å². The van der Waals surface area contributed by atoms with Gasteiger partial charge in [0.05, 0.1) is 13.2 Å². The number of carbonyl (C=O) groups is 1. The van der Waals surface area contributed by atoms with E-state index in [4.69, 9.17) is 4.74 Å². The first kappa shape index (κ1) is 22.7. The highest BCUT2D eigenvalue weighted by atomic mass is 19.1. The van der Waals surface area contributed by atoms with Crippen LogP contribution in [0.1, 0.15) is 55.7 Å². The lowest BCUT2D eigenvalue weighted by Gasteiger charge is -2.37. The first-order valence-electron chi connectivity index (χ1n) is 11.7. The fraction of sp³-hybridized carbons (Fsp3) is 0.500. The van der Waals surface area contributed by atoms with Crippen LogP contribution in [0.4, 0.5) is 4.39 Å². The van der Waals surface area contributed by atoms with Crippen LogP contribution in [0.3, 0.4) is 0 Å². The predicted molar refractivity (Wildman–Crippen MR) is 122 cm³/mol. The molecule has 2 fully saturated rings. The molecule has 2 aliphatic heterocycles. The molecule has 0 unspecified atom stereocenters. The number of benzene rings is 2. The van der Waals surface area contributed by atoms with Crippen LogP contribution in [-0.2, 0) is 24.5 Å². The maximum atomic E-state index is 14.3. The fourth-order valence-corrected chi connectivity index (χ4v) is 5.19. The average molecular weight is 441 g/mol. The van der Waals surface area contributed by atoms with E-state index in [1.807, 2.05) is 30.0 Å². The molecule has 2 aromatic carbocycles. The lowest BCUT2D eigenvalue weighted by molar-refractivity contribution is -0.135. The van der Waals surface area contributed by atoms with Gasteiger partial charge in [-0.3, -0.25) is 9.69 Å². The molecule has 1 amide bonds. The number of amides is 1. The quantitative estimate of drug-likeness (QED) is 0.699. The van der Waals surface area contributed by atoms with Crippen molar-refractivity contribution in [1.82, 2.24) is 9.80 Å². The van der Waals surface area contributed by atoms with Gasteiger partial charge in [-0.15, -0.1) is 0 Å². The van der Waals surface area contributed by atoms with Gasteiger partial charge in [-0.1, -0.05) is 30.7 Å². The van der Waals surface area contributed by atoms with E-state index in [0.717, 1.165) is 55.6 Å². The number of aliphatic hydroxyl groups excluding tert-OH is 1. The van der Waals surface area contributed by atoms with Crippen molar-refractivity contribution in [3.63, 3.8) is 0 Å². The molecule has 2 aromatic rings. The number of carbonyl (C=O) groups excluding carboxylic acids is 1. The van der Waals surface area contributed by atoms with Gasteiger partial charge >= 0.3 is 0 Å². The Morgan fingerprint density at radius 2 is 1.91 bits per heavy atom. The average Bonchev–Trinajstić information content (AvgIpc) is 3.17. The summed E-state index contributed by atoms with van der Waals surface area (Å²) in [6, 6.07) is 13.1. The first-order valence-corrected chi connectivity index (χ1v) is 11.7. The minimum atomic E-state index is -0.250. The Labute approximate surface area is 189 Å². The van der Waals surface area contributed by atoms with Gasteiger partial charge in [0.15, 0.2) is 0 Å². The van der Waals surface area contributed by atoms with E-state index < -0.39 is 0 Å². The number of hydrogen-bond donors (Lipinski definition) is 1. The Hall–Kier alpha value is -2.44. The van der Waals surface area contributed by atoms with Gasteiger partial charge in [0.2, 0.25) is 5.91 Å². The van der Waals surface area contributed by atoms with E-state index in [1.54, 1.807) is 12.1 Å². The van der Waals surface area contributed by atoms with Crippen LogP contribution in [0, 0.1) is 5.82 Å². The number of rotatable bonds is 7. The zero-order valence-electron chi connectivity index (χ0n) is 18.8. The molecule has 32 heavy (non-hydrogen) atoms. The second kappa shape index (κ2) is 10.5. The molecule has 1 N–H and O–H groups in total. The predicted octanol–water partition coefficient (Wildman–Crippen LogP) is 4.26. The van der Waals surface area contributed by atoms with Crippen molar-refractivity contribution >= 4 is 5.91 Å². The number of ether oxygens (including phenoxy) is 1. The number of hydrogen-bond acceptors (Lipinski definition) is 4. The highest BCUT2D eigenvalue weighted by Crippen LogP contribution is 2.33. The summed E-state index contributed by atoms with van der Waals surface area (Å²) in [5.74, 6) is 0.610. The number of nitrogens with zero attached hydrogens (tertiary/aromatic N) is 2. The molecule has 0 bridgehead atoms. The summed E-state index contributed by atoms with van der Waals surface area (Å²) >= 11 is 0. The normalized spacial score (nSPS) is 21.8. The van der Waals surface area contributed by atoms with Crippen molar-refractivity contribution < 1.29 is 19.0 Å². The van der Waals surface area contributed by atoms with E-state index in [1.165, 1.54) is 6.07 Å². The van der Waals surface area contributed by atoms with Crippen LogP contribution in [0.15, 0.2) is 42.5 Å². The van der Waals surface area contributed by atoms with E-state index >= 15 is 0 Å². The van der Waals surface area contributed by atoms with Gasteiger partial charge in [0, 0.05) is 49.3 Å². The molecule has 0 radical (unpaired) electrons. The number of fused-ring (bicyclic) bond motifs is 1. The number of aliphatic hydroxyl groups is 1. The van der Waals surface area contributed by atoms with Crippen LogP contribution in [0.5, 0.6) is 5.75 Å². The summed E-state index contributed by atoms with van der Waals surface area (Å²) in [6.45, 7) is 4.44. The highest BCUT2D eigenvalue weighted by Gasteiger charge is 2.40. The lowest BCUT2D eigenvalue weighted by Crippen LogP contribution is -2.48. The summed E-state index contributed by atoms with van der Waals surface area (Å²) in [7, 11) is 0. The third kappa shape index (κ3) is 4.97. The molecule has 0 aliphatic carbocycles. The van der Waals surface area contributed by atoms with Crippen molar-refractivity contribution in [2.45, 2.75) is 70.8 Å². The fourth-order valence-electron chi connectivity index (χ4n) is 5.19. The Bertz CT molecular complexity index is 935. The van der Waals surface area contributed by atoms with Crippen molar-refractivity contribution in [3.8, 4) is 5.75 Å². The van der Waals surface area contributed by atoms with Gasteiger partial charge in [-0.2, -0.15) is 0 Å². The van der Waals surface area contributed by atoms with Gasteiger partial charge in [0.1, 0.15) is 11.6 Å². The zero-order valence-corrected chi connectivity index (χ0v) is 18.8. The van der Waals surface area contributed by atoms with Crippen molar-refractivity contribution in [3.05, 3.63) is 65.0 Å². The minimum absolute atomic E-state index is 0.0554. The molecular weight excluding hydrogens is 407 g/mol. The molecule has 2 atom stereocenters. The van der Waals surface area contributed by atoms with Crippen molar-refractivity contribution in [2.75, 3.05) is 13.2 Å². The number of halogens is 1. The minimum Gasteiger partial charge on any atom is -0.494 e. The monoisotopic (exact) mass is 440 g/mol. The largest absolute Gasteiger partial charge is 0.494 e. The Morgan fingerprint density at radius 1 is 1.06 bits per heavy atom. The SMILES string of the molecule is CCOc1ccc(CN2CC[C@H]3[C@H]2CCCCC(=O)N3Cc2ccccc2F)cc1CO. The van der Waals surface area contributed by atoms with Crippen LogP contribution in [0.2, 0.25) is 0 Å². The maximum Gasteiger partial charge on any atom is 0.223 e. The Kier molecular flexibility index (Phi) is 7.43. The van der Waals surface area contributed by atoms with Crippen molar-refractivity contribution in [1.29, 1.82) is 0 Å². The summed E-state index contributed by atoms with van der Waals surface area (Å²) in [5, 5.41) is 9.74. The van der Waals surface area contributed by atoms with Crippen LogP contribution in [-0.4, -0.2) is 46.0 Å². The molecule has 0 saturated carbocycles. The third-order valence-electron chi connectivity index (χ3n) is 6.77. The molecule has 2 saturated heterocycles. The van der Waals surface area contributed by atoms with Crippen LogP contribution in [0.25, 0.3) is 0 Å². The lowest BCUT2D eigenvalue weighted by atomic mass is 9.96. The van der Waals surface area contributed by atoms with E-state index in [2.05, 4.69) is 11.0 Å². The van der Waals surface area contributed by atoms with Gasteiger partial charge < -0.3 is 14.7 Å². The van der Waals surface area contributed by atoms with E-state index in [0.29, 0.717) is 25.1 Å². The highest BCUT2D eigenvalue weighted by molar-refractivity contribution is 5.76. The summed E-state index contributed by atoms with van der Waals surface area (Å²) in [6.07, 6.45) is 4.38. The van der Waals surface area contributed by atoms with E-state index in [9.17, 15) is 14.3 Å². The van der Waals surface area contributed by atoms with Crippen LogP contribution < -0.4 is 4.74 Å². The summed E-state index contributed by atoms with van der Waals surface area (Å²) in [5.41, 5.74) is 2.51. The Balaban J connectivity index is 1.53. The molecular formula is C26H33FN2O3. The Morgan fingerprint density at radius 3 is 2.69 bits per heavy atom. The smallest absolute Gasteiger partial charge is 0.223 e. The topological polar surface area (TPSA) is 53.0 Å². The molecule has 2 aliphatic rings. The molecule has 0 aromatic heterocycles. The molecule has 5 nitrogen and oxygen atoms in total. The summed E-state index contributed by atoms with van der Waals surface area (Å²) in [4.78, 5) is 17.4. The van der Waals surface area contributed by atoms with Gasteiger partial charge in [0.25, 0.3) is 0 Å². The number of likely N-dealkylation sites (tertiary alicyclic amines) is 2. The zero-order chi connectivity index (χ0) is 22.5. The maximum absolute atomic E-state index is 14.3. The second-order valence-corrected chi connectivity index (χ2v) is 8.79. The molecule has 0 spiro atoms. The van der Waals surface area contributed by atoms with Crippen molar-refractivity contribution in [2.24, 2.45) is 0 Å². The summed E-state index contributed by atoms with van der Waals surface area (Å²) < 4.78 is 20.0. The molecule has 172 valence electrons.